The summed E-state index contributed by atoms with van der Waals surface area (Å²) in [7, 11) is 0. The van der Waals surface area contributed by atoms with Crippen LogP contribution in [0.1, 0.15) is 37.7 Å². The summed E-state index contributed by atoms with van der Waals surface area (Å²) in [6.45, 7) is 4.31. The predicted octanol–water partition coefficient (Wildman–Crippen LogP) is 5.28. The molecule has 4 aromatic rings. The van der Waals surface area contributed by atoms with Crippen LogP contribution in [0.2, 0.25) is 0 Å². The monoisotopic (exact) mass is 595 g/mol. The molecule has 0 aliphatic carbocycles. The summed E-state index contributed by atoms with van der Waals surface area (Å²) in [6, 6.07) is 14.0. The molecule has 44 heavy (non-hydrogen) atoms. The molecular formula is C35H35F2N5O2. The Morgan fingerprint density at radius 1 is 1.00 bits per heavy atom. The van der Waals surface area contributed by atoms with Crippen molar-refractivity contribution in [1.82, 2.24) is 20.2 Å². The van der Waals surface area contributed by atoms with Gasteiger partial charge in [-0.2, -0.15) is 9.97 Å². The number of ether oxygens (including phenoxy) is 2. The SMILES string of the molecule is C#Cc1cccc2cccc(-c3c(F)cc4c(N5CC6CCC(C5)N6)nc(OCCCN5C6CCC5COC6)nc4c3F)c12. The minimum absolute atomic E-state index is 0.0497. The fraction of sp³-hybridized carbons (Fsp3) is 0.429. The van der Waals surface area contributed by atoms with Crippen molar-refractivity contribution < 1.29 is 18.3 Å². The number of benzene rings is 3. The largest absolute Gasteiger partial charge is 0.463 e. The number of aromatic nitrogens is 2. The zero-order valence-corrected chi connectivity index (χ0v) is 24.6. The van der Waals surface area contributed by atoms with Crippen LogP contribution in [0.15, 0.2) is 42.5 Å². The van der Waals surface area contributed by atoms with E-state index >= 15 is 8.78 Å². The van der Waals surface area contributed by atoms with Crippen LogP contribution in [-0.4, -0.2) is 78.5 Å². The highest BCUT2D eigenvalue weighted by molar-refractivity contribution is 6.03. The fourth-order valence-electron chi connectivity index (χ4n) is 7.84. The van der Waals surface area contributed by atoms with E-state index in [0.717, 1.165) is 44.4 Å². The van der Waals surface area contributed by atoms with Crippen molar-refractivity contribution in [1.29, 1.82) is 0 Å². The Morgan fingerprint density at radius 2 is 1.75 bits per heavy atom. The maximum atomic E-state index is 16.7. The number of fused-ring (bicyclic) bond motifs is 6. The number of rotatable bonds is 7. The van der Waals surface area contributed by atoms with E-state index in [0.29, 0.717) is 71.6 Å². The first-order valence-corrected chi connectivity index (χ1v) is 15.7. The molecule has 4 atom stereocenters. The minimum atomic E-state index is -0.740. The molecule has 1 N–H and O–H groups in total. The van der Waals surface area contributed by atoms with E-state index in [1.54, 1.807) is 18.2 Å². The van der Waals surface area contributed by atoms with Crippen molar-refractivity contribution >= 4 is 27.5 Å². The third kappa shape index (κ3) is 4.76. The van der Waals surface area contributed by atoms with E-state index in [4.69, 9.17) is 20.9 Å². The summed E-state index contributed by atoms with van der Waals surface area (Å²) in [5, 5.41) is 5.42. The second kappa shape index (κ2) is 11.3. The predicted molar refractivity (Wildman–Crippen MR) is 167 cm³/mol. The third-order valence-corrected chi connectivity index (χ3v) is 9.87. The molecule has 8 rings (SSSR count). The van der Waals surface area contributed by atoms with E-state index in [-0.39, 0.29) is 17.1 Å². The Kier molecular flexibility index (Phi) is 7.09. The molecule has 1 aromatic heterocycles. The van der Waals surface area contributed by atoms with E-state index in [9.17, 15) is 0 Å². The Hall–Kier alpha value is -3.84. The summed E-state index contributed by atoms with van der Waals surface area (Å²) in [4.78, 5) is 14.0. The van der Waals surface area contributed by atoms with Crippen molar-refractivity contribution in [2.45, 2.75) is 56.3 Å². The maximum Gasteiger partial charge on any atom is 0.319 e. The van der Waals surface area contributed by atoms with Gasteiger partial charge in [-0.25, -0.2) is 8.78 Å². The molecule has 226 valence electrons. The molecule has 5 heterocycles. The summed E-state index contributed by atoms with van der Waals surface area (Å²) in [5.41, 5.74) is 0.878. The number of anilines is 1. The lowest BCUT2D eigenvalue weighted by atomic mass is 9.93. The van der Waals surface area contributed by atoms with Gasteiger partial charge in [0.25, 0.3) is 0 Å². The van der Waals surface area contributed by atoms with E-state index in [2.05, 4.69) is 26.0 Å². The van der Waals surface area contributed by atoms with Crippen molar-refractivity contribution in [3.8, 4) is 29.5 Å². The summed E-state index contributed by atoms with van der Waals surface area (Å²) < 4.78 is 44.7. The standard InChI is InChI=1S/C35H35F2N5O2/c1-2-21-6-3-7-22-8-4-9-27(30(21)22)31-29(36)16-28-33(32(31)37)39-35(40-34(28)41-17-23-10-11-24(18-41)38-23)44-15-5-14-42-25-12-13-26(42)20-43-19-25/h1,3-4,6-9,16,23-26,38H,5,10-15,17-20H2. The lowest BCUT2D eigenvalue weighted by molar-refractivity contribution is -0.0161. The van der Waals surface area contributed by atoms with Gasteiger partial charge in [-0.05, 0) is 55.2 Å². The third-order valence-electron chi connectivity index (χ3n) is 9.87. The number of morpholine rings is 1. The second-order valence-electron chi connectivity index (χ2n) is 12.5. The number of halogens is 2. The molecule has 4 saturated heterocycles. The zero-order chi connectivity index (χ0) is 29.8. The van der Waals surface area contributed by atoms with Gasteiger partial charge in [-0.15, -0.1) is 6.42 Å². The zero-order valence-electron chi connectivity index (χ0n) is 24.6. The number of piperazine rings is 1. The Labute approximate surface area is 255 Å². The van der Waals surface area contributed by atoms with E-state index in [1.165, 1.54) is 18.9 Å². The maximum absolute atomic E-state index is 16.7. The van der Waals surface area contributed by atoms with Gasteiger partial charge in [-0.1, -0.05) is 36.3 Å². The molecule has 4 fully saturated rings. The molecular weight excluding hydrogens is 560 g/mol. The molecule has 4 bridgehead atoms. The topological polar surface area (TPSA) is 62.8 Å². The average molecular weight is 596 g/mol. The van der Waals surface area contributed by atoms with Gasteiger partial charge in [-0.3, -0.25) is 4.90 Å². The van der Waals surface area contributed by atoms with Gasteiger partial charge >= 0.3 is 6.01 Å². The van der Waals surface area contributed by atoms with Crippen molar-refractivity contribution in [2.24, 2.45) is 0 Å². The highest BCUT2D eigenvalue weighted by atomic mass is 19.1. The minimum Gasteiger partial charge on any atom is -0.463 e. The molecule has 0 saturated carbocycles. The van der Waals surface area contributed by atoms with Gasteiger partial charge in [0.05, 0.1) is 25.4 Å². The fourth-order valence-corrected chi connectivity index (χ4v) is 7.84. The van der Waals surface area contributed by atoms with Crippen molar-refractivity contribution in [2.75, 3.05) is 44.4 Å². The van der Waals surface area contributed by atoms with Gasteiger partial charge < -0.3 is 19.7 Å². The molecule has 4 aliphatic rings. The molecule has 4 unspecified atom stereocenters. The second-order valence-corrected chi connectivity index (χ2v) is 12.5. The molecule has 4 aliphatic heterocycles. The smallest absolute Gasteiger partial charge is 0.319 e. The number of terminal acetylenes is 1. The Balaban J connectivity index is 1.18. The lowest BCUT2D eigenvalue weighted by Gasteiger charge is -2.34. The number of hydrogen-bond donors (Lipinski definition) is 1. The highest BCUT2D eigenvalue weighted by Crippen LogP contribution is 2.40. The molecule has 0 radical (unpaired) electrons. The van der Waals surface area contributed by atoms with Crippen molar-refractivity contribution in [3.63, 3.8) is 0 Å². The summed E-state index contributed by atoms with van der Waals surface area (Å²) in [6.07, 6.45) is 11.1. The summed E-state index contributed by atoms with van der Waals surface area (Å²) in [5.74, 6) is 1.78. The number of hydrogen-bond acceptors (Lipinski definition) is 7. The van der Waals surface area contributed by atoms with Crippen molar-refractivity contribution in [3.05, 3.63) is 59.7 Å². The molecule has 3 aromatic carbocycles. The molecule has 0 spiro atoms. The van der Waals surface area contributed by atoms with Gasteiger partial charge in [0.15, 0.2) is 5.82 Å². The number of nitrogens with zero attached hydrogens (tertiary/aromatic N) is 4. The van der Waals surface area contributed by atoms with Crippen LogP contribution in [0.5, 0.6) is 6.01 Å². The van der Waals surface area contributed by atoms with Crippen LogP contribution < -0.4 is 15.0 Å². The van der Waals surface area contributed by atoms with Gasteiger partial charge in [0.2, 0.25) is 0 Å². The van der Waals surface area contributed by atoms with Gasteiger partial charge in [0, 0.05) is 60.1 Å². The van der Waals surface area contributed by atoms with Gasteiger partial charge in [0.1, 0.15) is 17.2 Å². The highest BCUT2D eigenvalue weighted by Gasteiger charge is 2.37. The Morgan fingerprint density at radius 3 is 2.50 bits per heavy atom. The Bertz CT molecular complexity index is 1760. The normalized spacial score (nSPS) is 24.7. The first-order valence-electron chi connectivity index (χ1n) is 15.7. The molecule has 9 heteroatoms. The number of nitrogens with one attached hydrogen (secondary N) is 1. The van der Waals surface area contributed by atoms with Crippen LogP contribution in [-0.2, 0) is 4.74 Å². The lowest BCUT2D eigenvalue weighted by Crippen LogP contribution is -2.51. The summed E-state index contributed by atoms with van der Waals surface area (Å²) >= 11 is 0. The first kappa shape index (κ1) is 27.7. The van der Waals surface area contributed by atoms with Crippen LogP contribution >= 0.6 is 0 Å². The average Bonchev–Trinajstić information content (AvgIpc) is 3.48. The van der Waals surface area contributed by atoms with E-state index in [1.807, 2.05) is 18.2 Å². The first-order chi connectivity index (χ1) is 21.6. The van der Waals surface area contributed by atoms with Crippen LogP contribution in [0.4, 0.5) is 14.6 Å². The molecule has 0 amide bonds. The molecule has 7 nitrogen and oxygen atoms in total. The van der Waals surface area contributed by atoms with E-state index < -0.39 is 11.6 Å². The van der Waals surface area contributed by atoms with Crippen LogP contribution in [0, 0.1) is 24.0 Å². The quantitative estimate of drug-likeness (QED) is 0.230. The van der Waals surface area contributed by atoms with Crippen LogP contribution in [0.25, 0.3) is 32.8 Å². The van der Waals surface area contributed by atoms with Crippen LogP contribution in [0.3, 0.4) is 0 Å².